The minimum absolute atomic E-state index is 0.0732. The highest BCUT2D eigenvalue weighted by molar-refractivity contribution is 5.09. The minimum atomic E-state index is -0.696. The molecule has 1 saturated heterocycles. The van der Waals surface area contributed by atoms with Gasteiger partial charge in [0.25, 0.3) is 0 Å². The van der Waals surface area contributed by atoms with Crippen molar-refractivity contribution in [3.63, 3.8) is 0 Å². The minimum Gasteiger partial charge on any atom is -0.386 e. The van der Waals surface area contributed by atoms with Crippen molar-refractivity contribution in [2.24, 2.45) is 0 Å². The van der Waals surface area contributed by atoms with Gasteiger partial charge in [-0.15, -0.1) is 0 Å². The summed E-state index contributed by atoms with van der Waals surface area (Å²) in [6.07, 6.45) is 5.20. The number of ether oxygens (including phenoxy) is 1. The van der Waals surface area contributed by atoms with Crippen molar-refractivity contribution < 1.29 is 9.84 Å². The molecule has 1 fully saturated rings. The first-order valence-electron chi connectivity index (χ1n) is 6.14. The maximum Gasteiger partial charge on any atom is 0.105 e. The zero-order valence-corrected chi connectivity index (χ0v) is 10.2. The summed E-state index contributed by atoms with van der Waals surface area (Å²) >= 11 is 0. The highest BCUT2D eigenvalue weighted by atomic mass is 16.5. The van der Waals surface area contributed by atoms with Crippen LogP contribution < -0.4 is 5.32 Å². The van der Waals surface area contributed by atoms with Crippen molar-refractivity contribution in [1.29, 1.82) is 0 Å². The number of rotatable bonds is 5. The Bertz CT molecular complexity index is 345. The maximum atomic E-state index is 10.3. The molecule has 0 radical (unpaired) electrons. The second kappa shape index (κ2) is 5.58. The topological polar surface area (TPSA) is 54.4 Å². The van der Waals surface area contributed by atoms with Crippen molar-refractivity contribution in [1.82, 2.24) is 10.3 Å². The molecule has 17 heavy (non-hydrogen) atoms. The van der Waals surface area contributed by atoms with Gasteiger partial charge in [-0.1, -0.05) is 0 Å². The van der Waals surface area contributed by atoms with Gasteiger partial charge in [0, 0.05) is 32.0 Å². The van der Waals surface area contributed by atoms with Crippen molar-refractivity contribution in [3.8, 4) is 0 Å². The van der Waals surface area contributed by atoms with Crippen LogP contribution >= 0.6 is 0 Å². The summed E-state index contributed by atoms with van der Waals surface area (Å²) in [5.74, 6) is 0. The number of hydrogen-bond acceptors (Lipinski definition) is 4. The third-order valence-corrected chi connectivity index (χ3v) is 3.43. The number of pyridine rings is 1. The lowest BCUT2D eigenvalue weighted by Crippen LogP contribution is -2.46. The highest BCUT2D eigenvalue weighted by Crippen LogP contribution is 2.24. The average molecular weight is 236 g/mol. The highest BCUT2D eigenvalue weighted by Gasteiger charge is 2.38. The summed E-state index contributed by atoms with van der Waals surface area (Å²) in [4.78, 5) is 3.98. The first-order valence-corrected chi connectivity index (χ1v) is 6.14. The van der Waals surface area contributed by atoms with E-state index in [1.807, 2.05) is 19.1 Å². The van der Waals surface area contributed by atoms with Gasteiger partial charge in [0.1, 0.15) is 5.60 Å². The average Bonchev–Trinajstić information content (AvgIpc) is 2.67. The molecule has 0 aromatic carbocycles. The summed E-state index contributed by atoms with van der Waals surface area (Å²) in [5.41, 5.74) is 0.563. The fourth-order valence-corrected chi connectivity index (χ4v) is 2.09. The molecule has 0 bridgehead atoms. The number of aromatic nitrogens is 1. The monoisotopic (exact) mass is 236 g/mol. The second-order valence-corrected chi connectivity index (χ2v) is 4.65. The Morgan fingerprint density at radius 1 is 1.53 bits per heavy atom. The number of nitrogens with zero attached hydrogens (tertiary/aromatic N) is 1. The van der Waals surface area contributed by atoms with E-state index in [9.17, 15) is 5.11 Å². The van der Waals surface area contributed by atoms with E-state index in [0.29, 0.717) is 13.2 Å². The molecule has 0 aliphatic carbocycles. The Morgan fingerprint density at radius 2 is 2.29 bits per heavy atom. The van der Waals surface area contributed by atoms with Crippen molar-refractivity contribution in [3.05, 3.63) is 30.1 Å². The van der Waals surface area contributed by atoms with Crippen LogP contribution in [0, 0.1) is 0 Å². The van der Waals surface area contributed by atoms with Gasteiger partial charge in [0.2, 0.25) is 0 Å². The van der Waals surface area contributed by atoms with Gasteiger partial charge in [-0.3, -0.25) is 4.98 Å². The van der Waals surface area contributed by atoms with Gasteiger partial charge in [-0.2, -0.15) is 0 Å². The molecule has 1 aliphatic heterocycles. The molecule has 1 aromatic rings. The Morgan fingerprint density at radius 3 is 2.94 bits per heavy atom. The van der Waals surface area contributed by atoms with E-state index in [-0.39, 0.29) is 6.10 Å². The summed E-state index contributed by atoms with van der Waals surface area (Å²) in [6, 6.07) is 4.02. The van der Waals surface area contributed by atoms with Gasteiger partial charge in [0.05, 0.1) is 6.10 Å². The van der Waals surface area contributed by atoms with E-state index in [1.165, 1.54) is 5.56 Å². The zero-order valence-electron chi connectivity index (χ0n) is 10.2. The van der Waals surface area contributed by atoms with Gasteiger partial charge in [-0.25, -0.2) is 0 Å². The SMILES string of the molecule is CC1OCCC1(O)CNCCc1ccncc1. The number of nitrogens with one attached hydrogen (secondary N) is 1. The van der Waals surface area contributed by atoms with Crippen molar-refractivity contribution in [2.75, 3.05) is 19.7 Å². The van der Waals surface area contributed by atoms with E-state index in [2.05, 4.69) is 10.3 Å². The molecule has 2 N–H and O–H groups in total. The molecule has 94 valence electrons. The predicted molar refractivity (Wildman–Crippen MR) is 65.8 cm³/mol. The van der Waals surface area contributed by atoms with Gasteiger partial charge >= 0.3 is 0 Å². The molecule has 4 nitrogen and oxygen atoms in total. The van der Waals surface area contributed by atoms with E-state index in [1.54, 1.807) is 12.4 Å². The fraction of sp³-hybridized carbons (Fsp3) is 0.615. The predicted octanol–water partition coefficient (Wildman–Crippen LogP) is 0.754. The molecular formula is C13H20N2O2. The molecule has 0 saturated carbocycles. The standard InChI is InChI=1S/C13H20N2O2/c1-11-13(16,5-9-17-11)10-15-8-4-12-2-6-14-7-3-12/h2-3,6-7,11,15-16H,4-5,8-10H2,1H3. The van der Waals surface area contributed by atoms with E-state index < -0.39 is 5.60 Å². The molecule has 0 amide bonds. The van der Waals surface area contributed by atoms with Crippen LogP contribution in [0.15, 0.2) is 24.5 Å². The van der Waals surface area contributed by atoms with Crippen molar-refractivity contribution in [2.45, 2.75) is 31.5 Å². The Hall–Kier alpha value is -0.970. The van der Waals surface area contributed by atoms with E-state index >= 15 is 0 Å². The van der Waals surface area contributed by atoms with Crippen LogP contribution in [-0.4, -0.2) is 41.5 Å². The van der Waals surface area contributed by atoms with Gasteiger partial charge < -0.3 is 15.2 Å². The van der Waals surface area contributed by atoms with Crippen LogP contribution in [-0.2, 0) is 11.2 Å². The summed E-state index contributed by atoms with van der Waals surface area (Å²) in [6.45, 7) is 4.04. The fourth-order valence-electron chi connectivity index (χ4n) is 2.09. The summed E-state index contributed by atoms with van der Waals surface area (Å²) in [5, 5.41) is 13.6. The van der Waals surface area contributed by atoms with Gasteiger partial charge in [0.15, 0.2) is 0 Å². The van der Waals surface area contributed by atoms with Crippen molar-refractivity contribution >= 4 is 0 Å². The van der Waals surface area contributed by atoms with Crippen LogP contribution in [0.1, 0.15) is 18.9 Å². The Balaban J connectivity index is 1.70. The van der Waals surface area contributed by atoms with Gasteiger partial charge in [-0.05, 0) is 37.6 Å². The summed E-state index contributed by atoms with van der Waals surface area (Å²) < 4.78 is 5.39. The molecular weight excluding hydrogens is 216 g/mol. The molecule has 0 spiro atoms. The Kier molecular flexibility index (Phi) is 4.10. The molecule has 1 aromatic heterocycles. The third-order valence-electron chi connectivity index (χ3n) is 3.43. The van der Waals surface area contributed by atoms with Crippen LogP contribution in [0.25, 0.3) is 0 Å². The molecule has 2 heterocycles. The van der Waals surface area contributed by atoms with Crippen LogP contribution in [0.5, 0.6) is 0 Å². The summed E-state index contributed by atoms with van der Waals surface area (Å²) in [7, 11) is 0. The normalized spacial score (nSPS) is 28.5. The first kappa shape index (κ1) is 12.5. The molecule has 2 atom stereocenters. The van der Waals surface area contributed by atoms with Crippen LogP contribution in [0.2, 0.25) is 0 Å². The third kappa shape index (κ3) is 3.25. The smallest absolute Gasteiger partial charge is 0.105 e. The first-order chi connectivity index (χ1) is 8.21. The number of hydrogen-bond donors (Lipinski definition) is 2. The lowest BCUT2D eigenvalue weighted by Gasteiger charge is -2.26. The van der Waals surface area contributed by atoms with E-state index in [4.69, 9.17) is 4.74 Å². The molecule has 2 unspecified atom stereocenters. The largest absolute Gasteiger partial charge is 0.386 e. The molecule has 4 heteroatoms. The molecule has 2 rings (SSSR count). The van der Waals surface area contributed by atoms with E-state index in [0.717, 1.165) is 19.4 Å². The lowest BCUT2D eigenvalue weighted by molar-refractivity contribution is -0.0259. The second-order valence-electron chi connectivity index (χ2n) is 4.65. The van der Waals surface area contributed by atoms with Crippen LogP contribution in [0.3, 0.4) is 0 Å². The zero-order chi connectivity index (χ0) is 12.1. The quantitative estimate of drug-likeness (QED) is 0.741. The van der Waals surface area contributed by atoms with Crippen LogP contribution in [0.4, 0.5) is 0 Å². The molecule has 1 aliphatic rings. The Labute approximate surface area is 102 Å². The number of aliphatic hydroxyl groups is 1. The maximum absolute atomic E-state index is 10.3. The lowest BCUT2D eigenvalue weighted by atomic mass is 9.97.